The molecule has 2 N–H and O–H groups in total. The molecule has 0 aliphatic carbocycles. The number of nitrogens with one attached hydrogen (secondary N) is 2. The number of carbonyl (C=O) groups excluding carboxylic acids is 1. The molecule has 3 heterocycles. The molecule has 0 atom stereocenters. The Kier molecular flexibility index (Phi) is 6.44. The number of para-hydroxylation sites is 1. The first-order chi connectivity index (χ1) is 20.1. The molecule has 4 aromatic carbocycles. The van der Waals surface area contributed by atoms with Crippen LogP contribution in [0.1, 0.15) is 28.8 Å². The van der Waals surface area contributed by atoms with Crippen LogP contribution in [0.25, 0.3) is 44.5 Å². The van der Waals surface area contributed by atoms with Crippen molar-refractivity contribution in [1.82, 2.24) is 9.55 Å². The Morgan fingerprint density at radius 3 is 2.29 bits per heavy atom. The summed E-state index contributed by atoms with van der Waals surface area (Å²) in [7, 11) is 0. The fourth-order valence-corrected chi connectivity index (χ4v) is 6.09. The van der Waals surface area contributed by atoms with Gasteiger partial charge in [-0.3, -0.25) is 4.79 Å². The van der Waals surface area contributed by atoms with Crippen molar-refractivity contribution in [3.8, 4) is 33.6 Å². The third-order valence-electron chi connectivity index (χ3n) is 7.83. The number of hydrogen-bond acceptors (Lipinski definition) is 2. The predicted octanol–water partition coefficient (Wildman–Crippen LogP) is 9.20. The van der Waals surface area contributed by atoms with Gasteiger partial charge in [0.1, 0.15) is 11.6 Å². The molecular weight excluding hydrogens is 533 g/mol. The van der Waals surface area contributed by atoms with Crippen molar-refractivity contribution in [2.45, 2.75) is 19.4 Å². The normalized spacial score (nSPS) is 13.0. The van der Waals surface area contributed by atoms with E-state index in [4.69, 9.17) is 11.6 Å². The molecular formula is C35H27ClFN3O. The Hall–Kier alpha value is -4.61. The number of ketones is 1. The van der Waals surface area contributed by atoms with Crippen molar-refractivity contribution in [1.29, 1.82) is 0 Å². The molecule has 0 radical (unpaired) electrons. The molecule has 0 spiro atoms. The second-order valence-electron chi connectivity index (χ2n) is 10.4. The summed E-state index contributed by atoms with van der Waals surface area (Å²) < 4.78 is 16.4. The van der Waals surface area contributed by atoms with Gasteiger partial charge in [-0.1, -0.05) is 60.1 Å². The SMILES string of the molecule is O=C(c1ccc(Cl)cc1)c1c(-c2c(-c3ccccc3)[nH]c3ccccc23)c(-c2ccc(F)cc2)n2c1NCCCC2. The third kappa shape index (κ3) is 4.43. The molecule has 1 aliphatic rings. The van der Waals surface area contributed by atoms with Crippen LogP contribution < -0.4 is 5.32 Å². The standard InChI is InChI=1S/C35H27ClFN3O/c36-25-16-12-24(13-17-25)34(41)31-30(29-27-10-4-5-11-28(27)39-32(29)22-8-2-1-3-9-22)33(23-14-18-26(37)19-15-23)40-21-7-6-20-38-35(31)40/h1-5,8-19,38-39H,6-7,20-21H2. The smallest absolute Gasteiger partial charge is 0.197 e. The Balaban J connectivity index is 1.63. The number of fused-ring (bicyclic) bond motifs is 2. The number of anilines is 1. The van der Waals surface area contributed by atoms with Crippen molar-refractivity contribution in [2.75, 3.05) is 11.9 Å². The number of benzene rings is 4. The van der Waals surface area contributed by atoms with Gasteiger partial charge in [0.15, 0.2) is 5.78 Å². The summed E-state index contributed by atoms with van der Waals surface area (Å²) in [4.78, 5) is 18.2. The first kappa shape index (κ1) is 25.4. The zero-order chi connectivity index (χ0) is 27.9. The predicted molar refractivity (Wildman–Crippen MR) is 165 cm³/mol. The average molecular weight is 560 g/mol. The van der Waals surface area contributed by atoms with E-state index in [9.17, 15) is 9.18 Å². The van der Waals surface area contributed by atoms with Gasteiger partial charge in [-0.05, 0) is 78.6 Å². The van der Waals surface area contributed by atoms with E-state index in [1.807, 2.05) is 30.3 Å². The van der Waals surface area contributed by atoms with E-state index in [0.29, 0.717) is 16.1 Å². The van der Waals surface area contributed by atoms with Gasteiger partial charge in [-0.15, -0.1) is 0 Å². The van der Waals surface area contributed by atoms with Crippen LogP contribution in [0.5, 0.6) is 0 Å². The number of aromatic amines is 1. The highest BCUT2D eigenvalue weighted by molar-refractivity contribution is 6.31. The summed E-state index contributed by atoms with van der Waals surface area (Å²) in [5.41, 5.74) is 7.62. The number of H-pyrrole nitrogens is 1. The first-order valence-corrected chi connectivity index (χ1v) is 14.2. The third-order valence-corrected chi connectivity index (χ3v) is 8.09. The van der Waals surface area contributed by atoms with E-state index < -0.39 is 0 Å². The molecule has 2 aromatic heterocycles. The van der Waals surface area contributed by atoms with Crippen molar-refractivity contribution >= 4 is 34.1 Å². The number of nitrogens with zero attached hydrogens (tertiary/aromatic N) is 1. The topological polar surface area (TPSA) is 49.8 Å². The second kappa shape index (κ2) is 10.4. The summed E-state index contributed by atoms with van der Waals surface area (Å²) in [5, 5.41) is 5.19. The molecule has 0 fully saturated rings. The van der Waals surface area contributed by atoms with Gasteiger partial charge in [-0.25, -0.2) is 4.39 Å². The molecule has 4 nitrogen and oxygen atoms in total. The van der Waals surface area contributed by atoms with E-state index in [2.05, 4.69) is 39.1 Å². The van der Waals surface area contributed by atoms with Crippen molar-refractivity contribution in [3.63, 3.8) is 0 Å². The van der Waals surface area contributed by atoms with Gasteiger partial charge in [0.05, 0.1) is 17.0 Å². The van der Waals surface area contributed by atoms with Gasteiger partial charge < -0.3 is 14.9 Å². The Labute approximate surface area is 242 Å². The molecule has 0 amide bonds. The largest absolute Gasteiger partial charge is 0.371 e. The van der Waals surface area contributed by atoms with E-state index >= 15 is 0 Å². The molecule has 7 rings (SSSR count). The lowest BCUT2D eigenvalue weighted by Gasteiger charge is -2.14. The van der Waals surface area contributed by atoms with Crippen molar-refractivity contribution < 1.29 is 9.18 Å². The quantitative estimate of drug-likeness (QED) is 0.207. The zero-order valence-corrected chi connectivity index (χ0v) is 23.0. The van der Waals surface area contributed by atoms with Crippen LogP contribution >= 0.6 is 11.6 Å². The summed E-state index contributed by atoms with van der Waals surface area (Å²) in [6, 6.07) is 32.0. The maximum absolute atomic E-state index is 14.6. The van der Waals surface area contributed by atoms with Crippen LogP contribution in [0, 0.1) is 5.82 Å². The van der Waals surface area contributed by atoms with Gasteiger partial charge in [-0.2, -0.15) is 0 Å². The van der Waals surface area contributed by atoms with Gasteiger partial charge >= 0.3 is 0 Å². The van der Waals surface area contributed by atoms with Gasteiger partial charge in [0, 0.05) is 45.7 Å². The van der Waals surface area contributed by atoms with E-state index in [1.54, 1.807) is 36.4 Å². The number of rotatable bonds is 5. The minimum Gasteiger partial charge on any atom is -0.371 e. The van der Waals surface area contributed by atoms with Crippen molar-refractivity contribution in [3.05, 3.63) is 125 Å². The van der Waals surface area contributed by atoms with Gasteiger partial charge in [0.25, 0.3) is 0 Å². The lowest BCUT2D eigenvalue weighted by Crippen LogP contribution is -2.09. The summed E-state index contributed by atoms with van der Waals surface area (Å²) in [6.45, 7) is 1.49. The molecule has 202 valence electrons. The molecule has 1 aliphatic heterocycles. The van der Waals surface area contributed by atoms with Crippen LogP contribution in [0.4, 0.5) is 10.2 Å². The summed E-state index contributed by atoms with van der Waals surface area (Å²) in [5.74, 6) is 0.402. The summed E-state index contributed by atoms with van der Waals surface area (Å²) >= 11 is 6.20. The van der Waals surface area contributed by atoms with Crippen LogP contribution in [0.15, 0.2) is 103 Å². The maximum atomic E-state index is 14.6. The molecule has 6 aromatic rings. The average Bonchev–Trinajstić information content (AvgIpc) is 3.43. The van der Waals surface area contributed by atoms with E-state index in [-0.39, 0.29) is 11.6 Å². The number of halogens is 2. The molecule has 0 bridgehead atoms. The molecule has 6 heteroatoms. The maximum Gasteiger partial charge on any atom is 0.197 e. The van der Waals surface area contributed by atoms with Crippen molar-refractivity contribution in [2.24, 2.45) is 0 Å². The molecule has 41 heavy (non-hydrogen) atoms. The number of aromatic nitrogens is 2. The summed E-state index contributed by atoms with van der Waals surface area (Å²) in [6.07, 6.45) is 1.94. The lowest BCUT2D eigenvalue weighted by atomic mass is 9.90. The van der Waals surface area contributed by atoms with Crippen LogP contribution in [0.2, 0.25) is 5.02 Å². The highest BCUT2D eigenvalue weighted by Gasteiger charge is 2.33. The molecule has 0 saturated carbocycles. The fourth-order valence-electron chi connectivity index (χ4n) is 5.97. The number of carbonyl (C=O) groups is 1. The second-order valence-corrected chi connectivity index (χ2v) is 10.8. The minimum absolute atomic E-state index is 0.0903. The highest BCUT2D eigenvalue weighted by Crippen LogP contribution is 2.49. The van der Waals surface area contributed by atoms with E-state index in [0.717, 1.165) is 76.3 Å². The van der Waals surface area contributed by atoms with Crippen LogP contribution in [0.3, 0.4) is 0 Å². The van der Waals surface area contributed by atoms with E-state index in [1.165, 1.54) is 12.1 Å². The molecule has 0 unspecified atom stereocenters. The Morgan fingerprint density at radius 2 is 1.51 bits per heavy atom. The molecule has 0 saturated heterocycles. The fraction of sp³-hybridized carbons (Fsp3) is 0.114. The lowest BCUT2D eigenvalue weighted by molar-refractivity contribution is 0.104. The monoisotopic (exact) mass is 559 g/mol. The first-order valence-electron chi connectivity index (χ1n) is 13.8. The Morgan fingerprint density at radius 1 is 0.780 bits per heavy atom. The number of hydrogen-bond donors (Lipinski definition) is 2. The van der Waals surface area contributed by atoms with Gasteiger partial charge in [0.2, 0.25) is 0 Å². The highest BCUT2D eigenvalue weighted by atomic mass is 35.5. The van der Waals surface area contributed by atoms with Crippen LogP contribution in [-0.2, 0) is 6.54 Å². The Bertz CT molecular complexity index is 1890. The minimum atomic E-state index is -0.300. The zero-order valence-electron chi connectivity index (χ0n) is 22.3. The van der Waals surface area contributed by atoms with Crippen LogP contribution in [-0.4, -0.2) is 21.9 Å².